The van der Waals surface area contributed by atoms with E-state index in [0.29, 0.717) is 54.6 Å². The maximum atomic E-state index is 12.6. The van der Waals surface area contributed by atoms with E-state index in [9.17, 15) is 13.2 Å². The first-order chi connectivity index (χ1) is 13.9. The number of nitrogens with one attached hydrogen (secondary N) is 1. The molecule has 0 aliphatic carbocycles. The molecule has 0 atom stereocenters. The van der Waals surface area contributed by atoms with Crippen LogP contribution in [0.3, 0.4) is 0 Å². The lowest BCUT2D eigenvalue weighted by molar-refractivity contribution is 0.102. The number of hydrogen-bond donors (Lipinski definition) is 1. The Morgan fingerprint density at radius 1 is 1.00 bits per heavy atom. The highest BCUT2D eigenvalue weighted by molar-refractivity contribution is 7.92. The summed E-state index contributed by atoms with van der Waals surface area (Å²) in [6.45, 7) is 5.21. The van der Waals surface area contributed by atoms with E-state index in [1.165, 1.54) is 4.31 Å². The molecule has 0 aromatic heterocycles. The fourth-order valence-electron chi connectivity index (χ4n) is 3.19. The van der Waals surface area contributed by atoms with Crippen molar-refractivity contribution >= 4 is 27.3 Å². The maximum absolute atomic E-state index is 12.6. The van der Waals surface area contributed by atoms with Crippen LogP contribution in [-0.2, 0) is 10.0 Å². The zero-order chi connectivity index (χ0) is 20.9. The number of sulfonamides is 1. The summed E-state index contributed by atoms with van der Waals surface area (Å²) in [5.74, 6) is 1.00. The van der Waals surface area contributed by atoms with Gasteiger partial charge in [0.2, 0.25) is 10.0 Å². The Hall–Kier alpha value is -2.74. The molecule has 29 heavy (non-hydrogen) atoms. The van der Waals surface area contributed by atoms with Crippen LogP contribution < -0.4 is 19.1 Å². The number of ether oxygens (including phenoxy) is 2. The second-order valence-electron chi connectivity index (χ2n) is 6.62. The van der Waals surface area contributed by atoms with Gasteiger partial charge in [0.05, 0.1) is 24.7 Å². The van der Waals surface area contributed by atoms with Gasteiger partial charge in [0.15, 0.2) is 11.5 Å². The van der Waals surface area contributed by atoms with E-state index in [1.807, 2.05) is 13.8 Å². The molecule has 2 aromatic carbocycles. The summed E-state index contributed by atoms with van der Waals surface area (Å²) in [4.78, 5) is 12.6. The highest BCUT2D eigenvalue weighted by atomic mass is 32.2. The van der Waals surface area contributed by atoms with Crippen molar-refractivity contribution < 1.29 is 22.7 Å². The van der Waals surface area contributed by atoms with E-state index >= 15 is 0 Å². The van der Waals surface area contributed by atoms with Crippen molar-refractivity contribution in [2.45, 2.75) is 26.7 Å². The van der Waals surface area contributed by atoms with Gasteiger partial charge in [-0.3, -0.25) is 9.10 Å². The monoisotopic (exact) mass is 418 g/mol. The molecule has 1 heterocycles. The van der Waals surface area contributed by atoms with Gasteiger partial charge >= 0.3 is 0 Å². The van der Waals surface area contributed by atoms with Crippen molar-refractivity contribution in [1.29, 1.82) is 0 Å². The van der Waals surface area contributed by atoms with Gasteiger partial charge in [-0.15, -0.1) is 0 Å². The highest BCUT2D eigenvalue weighted by Gasteiger charge is 2.25. The smallest absolute Gasteiger partial charge is 0.255 e. The molecule has 1 aliphatic rings. The predicted molar refractivity (Wildman–Crippen MR) is 114 cm³/mol. The van der Waals surface area contributed by atoms with Crippen molar-refractivity contribution in [2.75, 3.05) is 35.1 Å². The minimum atomic E-state index is -3.25. The molecule has 3 rings (SSSR count). The summed E-state index contributed by atoms with van der Waals surface area (Å²) >= 11 is 0. The predicted octanol–water partition coefficient (Wildman–Crippen LogP) is 3.67. The third kappa shape index (κ3) is 5.00. The van der Waals surface area contributed by atoms with Crippen molar-refractivity contribution in [1.82, 2.24) is 0 Å². The zero-order valence-electron chi connectivity index (χ0n) is 16.7. The van der Waals surface area contributed by atoms with Crippen LogP contribution in [0.2, 0.25) is 0 Å². The number of amides is 1. The Morgan fingerprint density at radius 3 is 2.34 bits per heavy atom. The van der Waals surface area contributed by atoms with Gasteiger partial charge in [0, 0.05) is 17.8 Å². The molecule has 1 aliphatic heterocycles. The minimum absolute atomic E-state index is 0.172. The number of carbonyl (C=O) groups is 1. The second kappa shape index (κ2) is 9.17. The first kappa shape index (κ1) is 21.0. The largest absolute Gasteiger partial charge is 0.490 e. The number of anilines is 2. The Balaban J connectivity index is 1.73. The van der Waals surface area contributed by atoms with Gasteiger partial charge in [0.1, 0.15) is 0 Å². The molecule has 2 aromatic rings. The Morgan fingerprint density at radius 2 is 1.69 bits per heavy atom. The number of carbonyl (C=O) groups excluding carboxylic acids is 1. The van der Waals surface area contributed by atoms with Crippen LogP contribution in [0.15, 0.2) is 42.5 Å². The Labute approximate surface area is 171 Å². The Kier molecular flexibility index (Phi) is 6.64. The van der Waals surface area contributed by atoms with Gasteiger partial charge < -0.3 is 14.8 Å². The van der Waals surface area contributed by atoms with Crippen molar-refractivity contribution in [2.24, 2.45) is 0 Å². The van der Waals surface area contributed by atoms with Crippen LogP contribution in [0, 0.1) is 0 Å². The lowest BCUT2D eigenvalue weighted by atomic mass is 10.1. The van der Waals surface area contributed by atoms with Crippen LogP contribution in [0.4, 0.5) is 11.4 Å². The summed E-state index contributed by atoms with van der Waals surface area (Å²) in [6, 6.07) is 11.9. The van der Waals surface area contributed by atoms with Crippen molar-refractivity contribution in [3.8, 4) is 11.5 Å². The molecule has 8 heteroatoms. The van der Waals surface area contributed by atoms with E-state index < -0.39 is 10.0 Å². The van der Waals surface area contributed by atoms with Crippen LogP contribution in [-0.4, -0.2) is 39.8 Å². The number of rotatable bonds is 7. The molecule has 0 spiro atoms. The van der Waals surface area contributed by atoms with Crippen LogP contribution in [0.1, 0.15) is 37.0 Å². The SMILES string of the molecule is CCOc1ccc(C(=O)Nc2ccc(N3CCCCS3(=O)=O)cc2)cc1OCC. The van der Waals surface area contributed by atoms with E-state index in [0.717, 1.165) is 6.42 Å². The van der Waals surface area contributed by atoms with Crippen molar-refractivity contribution in [3.05, 3.63) is 48.0 Å². The number of hydrogen-bond acceptors (Lipinski definition) is 5. The highest BCUT2D eigenvalue weighted by Crippen LogP contribution is 2.29. The summed E-state index contributed by atoms with van der Waals surface area (Å²) in [7, 11) is -3.25. The molecule has 1 saturated heterocycles. The molecule has 156 valence electrons. The number of benzene rings is 2. The molecule has 0 bridgehead atoms. The molecular formula is C21H26N2O5S. The lowest BCUT2D eigenvalue weighted by Gasteiger charge is -2.28. The maximum Gasteiger partial charge on any atom is 0.255 e. The third-order valence-electron chi connectivity index (χ3n) is 4.57. The van der Waals surface area contributed by atoms with Crippen molar-refractivity contribution in [3.63, 3.8) is 0 Å². The van der Waals surface area contributed by atoms with Crippen LogP contribution >= 0.6 is 0 Å². The molecule has 1 fully saturated rings. The van der Waals surface area contributed by atoms with Gasteiger partial charge in [-0.25, -0.2) is 8.42 Å². The normalized spacial score (nSPS) is 15.6. The van der Waals surface area contributed by atoms with E-state index in [-0.39, 0.29) is 11.7 Å². The topological polar surface area (TPSA) is 84.9 Å². The minimum Gasteiger partial charge on any atom is -0.490 e. The van der Waals surface area contributed by atoms with Gasteiger partial charge in [0.25, 0.3) is 5.91 Å². The molecule has 7 nitrogen and oxygen atoms in total. The summed E-state index contributed by atoms with van der Waals surface area (Å²) in [5, 5.41) is 2.83. The first-order valence-corrected chi connectivity index (χ1v) is 11.4. The number of nitrogens with zero attached hydrogens (tertiary/aromatic N) is 1. The fourth-order valence-corrected chi connectivity index (χ4v) is 4.83. The zero-order valence-corrected chi connectivity index (χ0v) is 17.5. The summed E-state index contributed by atoms with van der Waals surface area (Å²) in [5.41, 5.74) is 1.64. The molecule has 0 unspecified atom stereocenters. The average Bonchev–Trinajstić information content (AvgIpc) is 2.70. The summed E-state index contributed by atoms with van der Waals surface area (Å²) in [6.07, 6.45) is 1.54. The second-order valence-corrected chi connectivity index (χ2v) is 8.64. The van der Waals surface area contributed by atoms with Gasteiger partial charge in [-0.2, -0.15) is 0 Å². The van der Waals surface area contributed by atoms with E-state index in [4.69, 9.17) is 9.47 Å². The fraction of sp³-hybridized carbons (Fsp3) is 0.381. The van der Waals surface area contributed by atoms with Crippen LogP contribution in [0.25, 0.3) is 0 Å². The standard InChI is InChI=1S/C21H26N2O5S/c1-3-27-19-12-7-16(15-20(19)28-4-2)21(24)22-17-8-10-18(11-9-17)23-13-5-6-14-29(23,25)26/h7-12,15H,3-6,13-14H2,1-2H3,(H,22,24). The Bertz CT molecular complexity index is 958. The average molecular weight is 419 g/mol. The van der Waals surface area contributed by atoms with E-state index in [1.54, 1.807) is 42.5 Å². The van der Waals surface area contributed by atoms with E-state index in [2.05, 4.69) is 5.32 Å². The lowest BCUT2D eigenvalue weighted by Crippen LogP contribution is -2.37. The first-order valence-electron chi connectivity index (χ1n) is 9.76. The molecule has 1 amide bonds. The third-order valence-corrected chi connectivity index (χ3v) is 6.44. The van der Waals surface area contributed by atoms with Gasteiger partial charge in [-0.1, -0.05) is 0 Å². The molecular weight excluding hydrogens is 392 g/mol. The van der Waals surface area contributed by atoms with Crippen LogP contribution in [0.5, 0.6) is 11.5 Å². The summed E-state index contributed by atoms with van der Waals surface area (Å²) < 4.78 is 37.0. The van der Waals surface area contributed by atoms with Gasteiger partial charge in [-0.05, 0) is 69.2 Å². The molecule has 0 saturated carbocycles. The molecule has 0 radical (unpaired) electrons. The quantitative estimate of drug-likeness (QED) is 0.742. The molecule has 1 N–H and O–H groups in total.